The van der Waals surface area contributed by atoms with Crippen LogP contribution in [0.1, 0.15) is 27.3 Å². The molecular weight excluding hydrogens is 426 g/mol. The normalized spacial score (nSPS) is 10.7. The molecule has 8 nitrogen and oxygen atoms in total. The van der Waals surface area contributed by atoms with Gasteiger partial charge < -0.3 is 4.74 Å². The van der Waals surface area contributed by atoms with E-state index in [2.05, 4.69) is 20.4 Å². The van der Waals surface area contributed by atoms with Crippen molar-refractivity contribution in [3.05, 3.63) is 76.6 Å². The van der Waals surface area contributed by atoms with E-state index in [4.69, 9.17) is 4.74 Å². The molecule has 1 N–H and O–H groups in total. The first-order chi connectivity index (χ1) is 15.4. The molecule has 32 heavy (non-hydrogen) atoms. The lowest BCUT2D eigenvalue weighted by Crippen LogP contribution is -2.21. The number of anilines is 1. The molecule has 0 aliphatic carbocycles. The van der Waals surface area contributed by atoms with Gasteiger partial charge in [0.25, 0.3) is 5.91 Å². The van der Waals surface area contributed by atoms with Crippen LogP contribution in [0.15, 0.2) is 54.0 Å². The van der Waals surface area contributed by atoms with Crippen molar-refractivity contribution in [3.8, 4) is 17.1 Å². The van der Waals surface area contributed by atoms with Gasteiger partial charge in [0, 0.05) is 22.8 Å². The topological polar surface area (TPSA) is 99.0 Å². The Morgan fingerprint density at radius 3 is 2.53 bits per heavy atom. The van der Waals surface area contributed by atoms with Crippen molar-refractivity contribution < 1.29 is 14.3 Å². The highest BCUT2D eigenvalue weighted by molar-refractivity contribution is 7.14. The molecule has 3 heterocycles. The van der Waals surface area contributed by atoms with Gasteiger partial charge in [-0.15, -0.1) is 11.3 Å². The lowest BCUT2D eigenvalue weighted by atomic mass is 10.1. The first-order valence-corrected chi connectivity index (χ1v) is 10.8. The second kappa shape index (κ2) is 9.11. The van der Waals surface area contributed by atoms with Crippen molar-refractivity contribution in [1.82, 2.24) is 19.7 Å². The minimum atomic E-state index is -0.632. The Labute approximate surface area is 188 Å². The molecule has 0 aliphatic heterocycles. The van der Waals surface area contributed by atoms with Crippen molar-refractivity contribution in [3.63, 3.8) is 0 Å². The first kappa shape index (κ1) is 21.4. The van der Waals surface area contributed by atoms with Crippen molar-refractivity contribution in [2.24, 2.45) is 0 Å². The number of aryl methyl sites for hydroxylation is 3. The number of amides is 1. The Hall–Kier alpha value is -3.85. The fourth-order valence-corrected chi connectivity index (χ4v) is 3.79. The third-order valence-electron chi connectivity index (χ3n) is 4.64. The molecule has 0 spiro atoms. The molecule has 0 saturated carbocycles. The molecule has 4 rings (SSSR count). The maximum atomic E-state index is 12.3. The van der Waals surface area contributed by atoms with Gasteiger partial charge in [-0.2, -0.15) is 5.10 Å². The quantitative estimate of drug-likeness (QED) is 0.447. The van der Waals surface area contributed by atoms with Gasteiger partial charge >= 0.3 is 5.97 Å². The number of esters is 1. The van der Waals surface area contributed by atoms with E-state index in [0.29, 0.717) is 10.9 Å². The Kier molecular flexibility index (Phi) is 6.09. The van der Waals surface area contributed by atoms with Gasteiger partial charge in [-0.25, -0.2) is 19.4 Å². The van der Waals surface area contributed by atoms with Crippen LogP contribution in [0, 0.1) is 20.8 Å². The highest BCUT2D eigenvalue weighted by Crippen LogP contribution is 2.25. The molecule has 162 valence electrons. The number of aromatic nitrogens is 4. The number of ether oxygens (including phenoxy) is 1. The molecule has 0 fully saturated rings. The summed E-state index contributed by atoms with van der Waals surface area (Å²) >= 11 is 1.31. The Morgan fingerprint density at radius 2 is 1.88 bits per heavy atom. The summed E-state index contributed by atoms with van der Waals surface area (Å²) in [5.41, 5.74) is 4.97. The van der Waals surface area contributed by atoms with Gasteiger partial charge in [0.2, 0.25) is 0 Å². The number of nitrogens with zero attached hydrogens (tertiary/aromatic N) is 4. The van der Waals surface area contributed by atoms with Gasteiger partial charge in [-0.1, -0.05) is 29.8 Å². The van der Waals surface area contributed by atoms with Crippen LogP contribution >= 0.6 is 11.3 Å². The van der Waals surface area contributed by atoms with Gasteiger partial charge in [0.05, 0.1) is 17.0 Å². The summed E-state index contributed by atoms with van der Waals surface area (Å²) < 4.78 is 6.79. The number of hydrogen-bond donors (Lipinski definition) is 1. The van der Waals surface area contributed by atoms with E-state index in [0.717, 1.165) is 28.2 Å². The fraction of sp³-hybridized carbons (Fsp3) is 0.174. The van der Waals surface area contributed by atoms with Crippen LogP contribution in [0.2, 0.25) is 0 Å². The van der Waals surface area contributed by atoms with Crippen molar-refractivity contribution in [1.29, 1.82) is 0 Å². The van der Waals surface area contributed by atoms with E-state index in [1.807, 2.05) is 56.5 Å². The van der Waals surface area contributed by atoms with Crippen molar-refractivity contribution >= 4 is 28.3 Å². The number of pyridine rings is 1. The highest BCUT2D eigenvalue weighted by Gasteiger charge is 2.14. The number of carbonyl (C=O) groups is 2. The summed E-state index contributed by atoms with van der Waals surface area (Å²) in [4.78, 5) is 33.1. The van der Waals surface area contributed by atoms with Crippen LogP contribution in [-0.2, 0) is 9.53 Å². The van der Waals surface area contributed by atoms with Crippen LogP contribution in [-0.4, -0.2) is 38.2 Å². The minimum absolute atomic E-state index is 0.249. The lowest BCUT2D eigenvalue weighted by Gasteiger charge is -2.06. The average Bonchev–Trinajstić information content (AvgIpc) is 3.38. The summed E-state index contributed by atoms with van der Waals surface area (Å²) in [5.74, 6) is -0.500. The molecule has 0 saturated heterocycles. The lowest BCUT2D eigenvalue weighted by molar-refractivity contribution is -0.119. The van der Waals surface area contributed by atoms with Crippen molar-refractivity contribution in [2.75, 3.05) is 11.9 Å². The molecule has 0 bridgehead atoms. The van der Waals surface area contributed by atoms with Gasteiger partial charge in [-0.05, 0) is 39.0 Å². The predicted molar refractivity (Wildman–Crippen MR) is 122 cm³/mol. The number of thiazole rings is 1. The van der Waals surface area contributed by atoms with E-state index in [1.165, 1.54) is 17.5 Å². The largest absolute Gasteiger partial charge is 0.452 e. The molecule has 4 aromatic rings. The van der Waals surface area contributed by atoms with E-state index in [1.54, 1.807) is 16.8 Å². The minimum Gasteiger partial charge on any atom is -0.452 e. The van der Waals surface area contributed by atoms with Crippen LogP contribution in [0.4, 0.5) is 5.13 Å². The molecule has 3 aromatic heterocycles. The third-order valence-corrected chi connectivity index (χ3v) is 5.40. The SMILES string of the molecule is Cc1ccc(-c2csc(NC(=O)COC(=O)c3ccc(-n4nc(C)cc4C)nc3)n2)cc1. The molecule has 1 aromatic carbocycles. The molecule has 0 unspecified atom stereocenters. The zero-order chi connectivity index (χ0) is 22.7. The van der Waals surface area contributed by atoms with E-state index in [-0.39, 0.29) is 5.56 Å². The Morgan fingerprint density at radius 1 is 1.09 bits per heavy atom. The monoisotopic (exact) mass is 447 g/mol. The van der Waals surface area contributed by atoms with Crippen molar-refractivity contribution in [2.45, 2.75) is 20.8 Å². The van der Waals surface area contributed by atoms with Gasteiger partial charge in [0.1, 0.15) is 0 Å². The summed E-state index contributed by atoms with van der Waals surface area (Å²) in [6, 6.07) is 13.2. The molecule has 0 atom stereocenters. The van der Waals surface area contributed by atoms with Crippen LogP contribution in [0.3, 0.4) is 0 Å². The molecule has 0 aliphatic rings. The summed E-state index contributed by atoms with van der Waals surface area (Å²) in [6.45, 7) is 5.42. The first-order valence-electron chi connectivity index (χ1n) is 9.88. The van der Waals surface area contributed by atoms with E-state index >= 15 is 0 Å². The number of hydrogen-bond acceptors (Lipinski definition) is 7. The second-order valence-corrected chi connectivity index (χ2v) is 8.13. The molecule has 9 heteroatoms. The zero-order valence-corrected chi connectivity index (χ0v) is 18.6. The van der Waals surface area contributed by atoms with Crippen LogP contribution < -0.4 is 5.32 Å². The maximum absolute atomic E-state index is 12.3. The smallest absolute Gasteiger partial charge is 0.340 e. The second-order valence-electron chi connectivity index (χ2n) is 7.27. The maximum Gasteiger partial charge on any atom is 0.340 e. The van der Waals surface area contributed by atoms with E-state index in [9.17, 15) is 9.59 Å². The fourth-order valence-electron chi connectivity index (χ4n) is 3.05. The molecule has 1 amide bonds. The number of benzene rings is 1. The van der Waals surface area contributed by atoms with Crippen LogP contribution in [0.25, 0.3) is 17.1 Å². The average molecular weight is 448 g/mol. The Balaban J connectivity index is 1.32. The van der Waals surface area contributed by atoms with Crippen LogP contribution in [0.5, 0.6) is 0 Å². The number of carbonyl (C=O) groups excluding carboxylic acids is 2. The van der Waals surface area contributed by atoms with E-state index < -0.39 is 18.5 Å². The Bertz CT molecular complexity index is 1260. The summed E-state index contributed by atoms with van der Waals surface area (Å²) in [6.07, 6.45) is 1.40. The standard InChI is InChI=1S/C23H21N5O3S/c1-14-4-6-17(7-5-14)19-13-32-23(25-19)26-21(29)12-31-22(30)18-8-9-20(24-11-18)28-16(3)10-15(2)27-28/h4-11,13H,12H2,1-3H3,(H,25,26,29). The third kappa shape index (κ3) is 4.89. The van der Waals surface area contributed by atoms with Gasteiger partial charge in [0.15, 0.2) is 17.6 Å². The highest BCUT2D eigenvalue weighted by atomic mass is 32.1. The summed E-state index contributed by atoms with van der Waals surface area (Å²) in [7, 11) is 0. The number of rotatable bonds is 6. The predicted octanol–water partition coefficient (Wildman–Crippen LogP) is 4.11. The summed E-state index contributed by atoms with van der Waals surface area (Å²) in [5, 5.41) is 9.32. The van der Waals surface area contributed by atoms with Gasteiger partial charge in [-0.3, -0.25) is 10.1 Å². The molecular formula is C23H21N5O3S. The number of nitrogens with one attached hydrogen (secondary N) is 1. The molecule has 0 radical (unpaired) electrons. The zero-order valence-electron chi connectivity index (χ0n) is 17.8.